The Morgan fingerprint density at radius 1 is 1.42 bits per heavy atom. The van der Waals surface area contributed by atoms with Crippen LogP contribution in [0.1, 0.15) is 12.8 Å². The molecule has 1 unspecified atom stereocenters. The molecule has 0 aliphatic carbocycles. The SMILES string of the molecule is CNCC1CCCN1S(=O)(=O)c1ccccc1Cl.Cl. The molecule has 108 valence electrons. The van der Waals surface area contributed by atoms with Crippen molar-refractivity contribution in [2.45, 2.75) is 23.8 Å². The maximum atomic E-state index is 12.6. The van der Waals surface area contributed by atoms with Gasteiger partial charge in [0.1, 0.15) is 4.90 Å². The minimum absolute atomic E-state index is 0. The molecule has 0 saturated carbocycles. The molecule has 0 spiro atoms. The van der Waals surface area contributed by atoms with E-state index >= 15 is 0 Å². The van der Waals surface area contributed by atoms with Gasteiger partial charge >= 0.3 is 0 Å². The van der Waals surface area contributed by atoms with Gasteiger partial charge in [0.15, 0.2) is 0 Å². The number of hydrogen-bond donors (Lipinski definition) is 1. The Morgan fingerprint density at radius 2 is 2.11 bits per heavy atom. The number of sulfonamides is 1. The van der Waals surface area contributed by atoms with Crippen LogP contribution < -0.4 is 5.32 Å². The van der Waals surface area contributed by atoms with E-state index < -0.39 is 10.0 Å². The molecule has 1 heterocycles. The van der Waals surface area contributed by atoms with Crippen LogP contribution in [-0.4, -0.2) is 38.9 Å². The molecule has 1 aromatic carbocycles. The predicted molar refractivity (Wildman–Crippen MR) is 79.5 cm³/mol. The molecular weight excluding hydrogens is 307 g/mol. The van der Waals surface area contributed by atoms with Crippen LogP contribution in [0, 0.1) is 0 Å². The highest BCUT2D eigenvalue weighted by Crippen LogP contribution is 2.29. The highest BCUT2D eigenvalue weighted by Gasteiger charge is 2.35. The lowest BCUT2D eigenvalue weighted by atomic mass is 10.2. The number of nitrogens with zero attached hydrogens (tertiary/aromatic N) is 1. The van der Waals surface area contributed by atoms with E-state index in [0.717, 1.165) is 12.8 Å². The smallest absolute Gasteiger partial charge is 0.244 e. The van der Waals surface area contributed by atoms with Crippen molar-refractivity contribution >= 4 is 34.0 Å². The first-order valence-electron chi connectivity index (χ1n) is 5.98. The molecule has 7 heteroatoms. The van der Waals surface area contributed by atoms with Crippen LogP contribution in [0.3, 0.4) is 0 Å². The topological polar surface area (TPSA) is 49.4 Å². The molecule has 1 aromatic rings. The Morgan fingerprint density at radius 3 is 2.74 bits per heavy atom. The lowest BCUT2D eigenvalue weighted by Crippen LogP contribution is -2.40. The minimum Gasteiger partial charge on any atom is -0.318 e. The first-order valence-corrected chi connectivity index (χ1v) is 7.80. The van der Waals surface area contributed by atoms with Gasteiger partial charge in [-0.3, -0.25) is 0 Å². The Balaban J connectivity index is 0.00000180. The van der Waals surface area contributed by atoms with Gasteiger partial charge in [0.2, 0.25) is 10.0 Å². The minimum atomic E-state index is -3.48. The van der Waals surface area contributed by atoms with Gasteiger partial charge in [-0.15, -0.1) is 12.4 Å². The summed E-state index contributed by atoms with van der Waals surface area (Å²) >= 11 is 5.99. The Kier molecular flexibility index (Phi) is 6.08. The van der Waals surface area contributed by atoms with E-state index in [9.17, 15) is 8.42 Å². The summed E-state index contributed by atoms with van der Waals surface area (Å²) in [5, 5.41) is 3.32. The zero-order valence-corrected chi connectivity index (χ0v) is 13.1. The summed E-state index contributed by atoms with van der Waals surface area (Å²) in [4.78, 5) is 0.203. The number of likely N-dealkylation sites (N-methyl/N-ethyl adjacent to an activating group) is 1. The molecule has 1 N–H and O–H groups in total. The molecule has 0 aromatic heterocycles. The van der Waals surface area contributed by atoms with E-state index in [-0.39, 0.29) is 28.4 Å². The van der Waals surface area contributed by atoms with Crippen molar-refractivity contribution in [3.63, 3.8) is 0 Å². The number of rotatable bonds is 4. The summed E-state index contributed by atoms with van der Waals surface area (Å²) in [5.41, 5.74) is 0. The number of benzene rings is 1. The zero-order valence-electron chi connectivity index (χ0n) is 10.7. The first kappa shape index (κ1) is 16.7. The normalized spacial score (nSPS) is 20.2. The number of halogens is 2. The Bertz CT molecular complexity index is 522. The van der Waals surface area contributed by atoms with Crippen LogP contribution in [-0.2, 0) is 10.0 Å². The molecule has 0 radical (unpaired) electrons. The second kappa shape index (κ2) is 6.90. The first-order chi connectivity index (χ1) is 8.57. The van der Waals surface area contributed by atoms with Gasteiger partial charge in [-0.1, -0.05) is 23.7 Å². The fourth-order valence-electron chi connectivity index (χ4n) is 2.35. The maximum absolute atomic E-state index is 12.6. The number of nitrogens with one attached hydrogen (secondary N) is 1. The van der Waals surface area contributed by atoms with Gasteiger partial charge in [0, 0.05) is 19.1 Å². The van der Waals surface area contributed by atoms with E-state index in [4.69, 9.17) is 11.6 Å². The fraction of sp³-hybridized carbons (Fsp3) is 0.500. The summed E-state index contributed by atoms with van der Waals surface area (Å²) in [5.74, 6) is 0. The molecule has 1 atom stereocenters. The van der Waals surface area contributed by atoms with Gasteiger partial charge in [0.25, 0.3) is 0 Å². The highest BCUT2D eigenvalue weighted by atomic mass is 35.5. The largest absolute Gasteiger partial charge is 0.318 e. The molecule has 1 aliphatic heterocycles. The number of hydrogen-bond acceptors (Lipinski definition) is 3. The van der Waals surface area contributed by atoms with Gasteiger partial charge in [0.05, 0.1) is 5.02 Å². The van der Waals surface area contributed by atoms with Crippen LogP contribution >= 0.6 is 24.0 Å². The average molecular weight is 325 g/mol. The zero-order chi connectivity index (χ0) is 13.2. The lowest BCUT2D eigenvalue weighted by Gasteiger charge is -2.24. The molecule has 1 fully saturated rings. The second-order valence-electron chi connectivity index (χ2n) is 4.40. The Hall–Kier alpha value is -0.330. The standard InChI is InChI=1S/C12H17ClN2O2S.ClH/c1-14-9-10-5-4-8-15(10)18(16,17)12-7-3-2-6-11(12)13;/h2-3,6-7,10,14H,4-5,8-9H2,1H3;1H. The summed E-state index contributed by atoms with van der Waals surface area (Å²) in [6.07, 6.45) is 1.79. The quantitative estimate of drug-likeness (QED) is 0.923. The molecular formula is C12H18Cl2N2O2S. The van der Waals surface area contributed by atoms with Crippen LogP contribution in [0.5, 0.6) is 0 Å². The van der Waals surface area contributed by atoms with E-state index in [1.54, 1.807) is 28.6 Å². The van der Waals surface area contributed by atoms with Crippen LogP contribution in [0.15, 0.2) is 29.2 Å². The van der Waals surface area contributed by atoms with Crippen molar-refractivity contribution in [3.8, 4) is 0 Å². The third-order valence-corrected chi connectivity index (χ3v) is 5.64. The fourth-order valence-corrected chi connectivity index (χ4v) is 4.53. The Labute approximate surface area is 125 Å². The van der Waals surface area contributed by atoms with Crippen molar-refractivity contribution in [1.82, 2.24) is 9.62 Å². The third kappa shape index (κ3) is 3.41. The second-order valence-corrected chi connectivity index (χ2v) is 6.67. The molecule has 0 amide bonds. The van der Waals surface area contributed by atoms with Crippen molar-refractivity contribution < 1.29 is 8.42 Å². The van der Waals surface area contributed by atoms with E-state index in [1.807, 2.05) is 7.05 Å². The van der Waals surface area contributed by atoms with Crippen molar-refractivity contribution in [1.29, 1.82) is 0 Å². The summed E-state index contributed by atoms with van der Waals surface area (Å²) in [6, 6.07) is 6.62. The van der Waals surface area contributed by atoms with Crippen LogP contribution in [0.25, 0.3) is 0 Å². The molecule has 1 aliphatic rings. The van der Waals surface area contributed by atoms with Crippen LogP contribution in [0.4, 0.5) is 0 Å². The third-order valence-electron chi connectivity index (χ3n) is 3.19. The average Bonchev–Trinajstić information content (AvgIpc) is 2.79. The predicted octanol–water partition coefficient (Wildman–Crippen LogP) is 2.13. The highest BCUT2D eigenvalue weighted by molar-refractivity contribution is 7.89. The van der Waals surface area contributed by atoms with Crippen molar-refractivity contribution in [2.75, 3.05) is 20.1 Å². The molecule has 19 heavy (non-hydrogen) atoms. The molecule has 2 rings (SSSR count). The monoisotopic (exact) mass is 324 g/mol. The van der Waals surface area contributed by atoms with E-state index in [0.29, 0.717) is 13.1 Å². The summed E-state index contributed by atoms with van der Waals surface area (Å²) < 4.78 is 26.7. The summed E-state index contributed by atoms with van der Waals surface area (Å²) in [6.45, 7) is 1.24. The van der Waals surface area contributed by atoms with Gasteiger partial charge in [-0.25, -0.2) is 8.42 Å². The van der Waals surface area contributed by atoms with Gasteiger partial charge < -0.3 is 5.32 Å². The molecule has 0 bridgehead atoms. The van der Waals surface area contributed by atoms with E-state index in [2.05, 4.69) is 5.32 Å². The van der Waals surface area contributed by atoms with Gasteiger partial charge in [-0.2, -0.15) is 4.31 Å². The molecule has 4 nitrogen and oxygen atoms in total. The van der Waals surface area contributed by atoms with Crippen LogP contribution in [0.2, 0.25) is 5.02 Å². The molecule has 1 saturated heterocycles. The lowest BCUT2D eigenvalue weighted by molar-refractivity contribution is 0.379. The van der Waals surface area contributed by atoms with E-state index in [1.165, 1.54) is 0 Å². The van der Waals surface area contributed by atoms with Crippen molar-refractivity contribution in [3.05, 3.63) is 29.3 Å². The van der Waals surface area contributed by atoms with Gasteiger partial charge in [-0.05, 0) is 32.0 Å². The maximum Gasteiger partial charge on any atom is 0.244 e. The van der Waals surface area contributed by atoms with Crippen molar-refractivity contribution in [2.24, 2.45) is 0 Å². The summed E-state index contributed by atoms with van der Waals surface area (Å²) in [7, 11) is -1.65.